The lowest BCUT2D eigenvalue weighted by Crippen LogP contribution is -2.35. The van der Waals surface area contributed by atoms with E-state index in [4.69, 9.17) is 5.11 Å². The predicted molar refractivity (Wildman–Crippen MR) is 68.9 cm³/mol. The van der Waals surface area contributed by atoms with Crippen LogP contribution >= 0.6 is 11.8 Å². The van der Waals surface area contributed by atoms with Gasteiger partial charge in [0.15, 0.2) is 0 Å². The van der Waals surface area contributed by atoms with Crippen LogP contribution in [0.15, 0.2) is 23.1 Å². The Kier molecular flexibility index (Phi) is 5.11. The van der Waals surface area contributed by atoms with Crippen molar-refractivity contribution in [3.8, 4) is 0 Å². The van der Waals surface area contributed by atoms with Crippen molar-refractivity contribution in [3.63, 3.8) is 0 Å². The van der Waals surface area contributed by atoms with Crippen molar-refractivity contribution >= 4 is 23.4 Å². The van der Waals surface area contributed by atoms with Gasteiger partial charge in [-0.15, -0.1) is 11.8 Å². The van der Waals surface area contributed by atoms with E-state index in [1.165, 1.54) is 23.9 Å². The molecule has 0 aliphatic rings. The summed E-state index contributed by atoms with van der Waals surface area (Å²) in [5, 5.41) is 22.2. The molecular formula is C11H14N2O4S. The van der Waals surface area contributed by atoms with Crippen LogP contribution in [0.3, 0.4) is 0 Å². The molecular weight excluding hydrogens is 256 g/mol. The summed E-state index contributed by atoms with van der Waals surface area (Å²) in [6.07, 6.45) is 1.82. The molecule has 0 heterocycles. The molecule has 0 unspecified atom stereocenters. The van der Waals surface area contributed by atoms with E-state index in [1.54, 1.807) is 13.0 Å². The maximum atomic E-state index is 11.9. The fourth-order valence-electron chi connectivity index (χ4n) is 1.33. The number of amides is 1. The zero-order chi connectivity index (χ0) is 13.7. The van der Waals surface area contributed by atoms with E-state index >= 15 is 0 Å². The number of benzene rings is 1. The van der Waals surface area contributed by atoms with Gasteiger partial charge in [-0.3, -0.25) is 14.9 Å². The summed E-state index contributed by atoms with van der Waals surface area (Å²) in [5.41, 5.74) is -0.234. The maximum Gasteiger partial charge on any atom is 0.282 e. The highest BCUT2D eigenvalue weighted by molar-refractivity contribution is 7.98. The molecule has 0 fully saturated rings. The molecule has 0 bridgehead atoms. The molecule has 6 nitrogen and oxygen atoms in total. The van der Waals surface area contributed by atoms with Crippen molar-refractivity contribution in [2.24, 2.45) is 0 Å². The number of aliphatic hydroxyl groups excluding tert-OH is 1. The van der Waals surface area contributed by atoms with Crippen LogP contribution in [-0.2, 0) is 0 Å². The van der Waals surface area contributed by atoms with Gasteiger partial charge in [-0.25, -0.2) is 0 Å². The first kappa shape index (κ1) is 14.5. The van der Waals surface area contributed by atoms with Gasteiger partial charge in [0.1, 0.15) is 5.56 Å². The quantitative estimate of drug-likeness (QED) is 0.479. The monoisotopic (exact) mass is 270 g/mol. The third-order valence-corrected chi connectivity index (χ3v) is 3.02. The number of carbonyl (C=O) groups excluding carboxylic acids is 1. The minimum atomic E-state index is -0.595. The second kappa shape index (κ2) is 6.36. The Morgan fingerprint density at radius 3 is 2.78 bits per heavy atom. The molecule has 0 saturated heterocycles. The van der Waals surface area contributed by atoms with E-state index in [0.717, 1.165) is 4.90 Å². The topological polar surface area (TPSA) is 92.5 Å². The summed E-state index contributed by atoms with van der Waals surface area (Å²) in [6.45, 7) is 1.39. The average molecular weight is 270 g/mol. The lowest BCUT2D eigenvalue weighted by Gasteiger charge is -2.11. The number of rotatable bonds is 5. The van der Waals surface area contributed by atoms with E-state index in [2.05, 4.69) is 5.32 Å². The summed E-state index contributed by atoms with van der Waals surface area (Å²) in [4.78, 5) is 22.9. The number of hydrogen-bond donors (Lipinski definition) is 2. The van der Waals surface area contributed by atoms with Crippen LogP contribution in [0.4, 0.5) is 5.69 Å². The summed E-state index contributed by atoms with van der Waals surface area (Å²) < 4.78 is 0. The molecule has 0 radical (unpaired) electrons. The first-order valence-corrected chi connectivity index (χ1v) is 6.46. The summed E-state index contributed by atoms with van der Waals surface area (Å²) >= 11 is 1.39. The van der Waals surface area contributed by atoms with Crippen molar-refractivity contribution in [1.29, 1.82) is 0 Å². The highest BCUT2D eigenvalue weighted by atomic mass is 32.2. The van der Waals surface area contributed by atoms with Gasteiger partial charge >= 0.3 is 0 Å². The molecule has 7 heteroatoms. The summed E-state index contributed by atoms with van der Waals surface area (Å²) in [5.74, 6) is -0.556. The number of hydrogen-bond acceptors (Lipinski definition) is 5. The molecule has 0 aromatic heterocycles. The van der Waals surface area contributed by atoms with Crippen molar-refractivity contribution in [2.75, 3.05) is 12.9 Å². The van der Waals surface area contributed by atoms with Crippen LogP contribution in [0.5, 0.6) is 0 Å². The van der Waals surface area contributed by atoms with Crippen LogP contribution in [0.1, 0.15) is 17.3 Å². The van der Waals surface area contributed by atoms with Crippen molar-refractivity contribution in [2.45, 2.75) is 17.9 Å². The van der Waals surface area contributed by atoms with E-state index < -0.39 is 16.9 Å². The second-order valence-electron chi connectivity index (χ2n) is 3.70. The molecule has 1 aromatic carbocycles. The van der Waals surface area contributed by atoms with Crippen molar-refractivity contribution in [1.82, 2.24) is 5.32 Å². The SMILES string of the molecule is CSc1ccc([N+](=O)[O-])c(C(=O)N[C@@H](C)CO)c1. The Morgan fingerprint density at radius 2 is 2.28 bits per heavy atom. The Labute approximate surface area is 109 Å². The molecule has 18 heavy (non-hydrogen) atoms. The predicted octanol–water partition coefficient (Wildman–Crippen LogP) is 1.43. The van der Waals surface area contributed by atoms with Crippen molar-refractivity contribution < 1.29 is 14.8 Å². The number of aliphatic hydroxyl groups is 1. The number of nitro benzene ring substituents is 1. The van der Waals surface area contributed by atoms with Crippen LogP contribution in [0, 0.1) is 10.1 Å². The normalized spacial score (nSPS) is 11.9. The number of nitrogens with one attached hydrogen (secondary N) is 1. The Morgan fingerprint density at radius 1 is 1.61 bits per heavy atom. The zero-order valence-electron chi connectivity index (χ0n) is 10.0. The Bertz CT molecular complexity index is 464. The highest BCUT2D eigenvalue weighted by Crippen LogP contribution is 2.24. The van der Waals surface area contributed by atoms with Crippen LogP contribution in [0.25, 0.3) is 0 Å². The van der Waals surface area contributed by atoms with E-state index in [9.17, 15) is 14.9 Å². The number of nitrogens with zero attached hydrogens (tertiary/aromatic N) is 1. The maximum absolute atomic E-state index is 11.9. The molecule has 1 rings (SSSR count). The van der Waals surface area contributed by atoms with Gasteiger partial charge in [0.2, 0.25) is 0 Å². The van der Waals surface area contributed by atoms with Gasteiger partial charge in [-0.2, -0.15) is 0 Å². The molecule has 1 amide bonds. The van der Waals surface area contributed by atoms with Crippen molar-refractivity contribution in [3.05, 3.63) is 33.9 Å². The minimum Gasteiger partial charge on any atom is -0.394 e. The van der Waals surface area contributed by atoms with Gasteiger partial charge in [0.05, 0.1) is 11.5 Å². The molecule has 1 aromatic rings. The van der Waals surface area contributed by atoms with Gasteiger partial charge in [0.25, 0.3) is 11.6 Å². The first-order valence-electron chi connectivity index (χ1n) is 5.23. The van der Waals surface area contributed by atoms with Gasteiger partial charge in [-0.05, 0) is 25.3 Å². The van der Waals surface area contributed by atoms with Crippen LogP contribution in [-0.4, -0.2) is 34.8 Å². The first-order chi connectivity index (χ1) is 8.49. The summed E-state index contributed by atoms with van der Waals surface area (Å²) in [6, 6.07) is 3.93. The van der Waals surface area contributed by atoms with Gasteiger partial charge < -0.3 is 10.4 Å². The molecule has 0 spiro atoms. The number of carbonyl (C=O) groups is 1. The minimum absolute atomic E-state index is 0.00662. The smallest absolute Gasteiger partial charge is 0.282 e. The highest BCUT2D eigenvalue weighted by Gasteiger charge is 2.21. The standard InChI is InChI=1S/C11H14N2O4S/c1-7(6-14)12-11(15)9-5-8(18-2)3-4-10(9)13(16)17/h3-5,7,14H,6H2,1-2H3,(H,12,15)/t7-/m0/s1. The molecule has 0 aliphatic heterocycles. The zero-order valence-corrected chi connectivity index (χ0v) is 10.9. The lowest BCUT2D eigenvalue weighted by atomic mass is 10.1. The van der Waals surface area contributed by atoms with E-state index in [0.29, 0.717) is 0 Å². The largest absolute Gasteiger partial charge is 0.394 e. The van der Waals surface area contributed by atoms with Gasteiger partial charge in [-0.1, -0.05) is 0 Å². The summed E-state index contributed by atoms with van der Waals surface area (Å²) in [7, 11) is 0. The third kappa shape index (κ3) is 3.44. The van der Waals surface area contributed by atoms with Crippen LogP contribution in [0.2, 0.25) is 0 Å². The Hall–Kier alpha value is -1.60. The van der Waals surface area contributed by atoms with Crippen LogP contribution < -0.4 is 5.32 Å². The fourth-order valence-corrected chi connectivity index (χ4v) is 1.77. The molecule has 0 aliphatic carbocycles. The second-order valence-corrected chi connectivity index (χ2v) is 4.58. The Balaban J connectivity index is 3.10. The molecule has 2 N–H and O–H groups in total. The lowest BCUT2D eigenvalue weighted by molar-refractivity contribution is -0.385. The molecule has 98 valence electrons. The van der Waals surface area contributed by atoms with E-state index in [1.807, 2.05) is 6.26 Å². The van der Waals surface area contributed by atoms with E-state index in [-0.39, 0.29) is 17.9 Å². The third-order valence-electron chi connectivity index (χ3n) is 2.30. The van der Waals surface area contributed by atoms with Gasteiger partial charge in [0, 0.05) is 17.0 Å². The average Bonchev–Trinajstić information content (AvgIpc) is 2.37. The fraction of sp³-hybridized carbons (Fsp3) is 0.364. The molecule has 1 atom stereocenters. The molecule has 0 saturated carbocycles. The number of thioether (sulfide) groups is 1. The number of nitro groups is 1.